The van der Waals surface area contributed by atoms with E-state index in [2.05, 4.69) is 15.0 Å². The zero-order valence-corrected chi connectivity index (χ0v) is 13.4. The van der Waals surface area contributed by atoms with E-state index < -0.39 is 15.4 Å². The molecule has 0 unspecified atom stereocenters. The van der Waals surface area contributed by atoms with E-state index in [-0.39, 0.29) is 15.6 Å². The number of hydrogen-bond acceptors (Lipinski definition) is 5. The Morgan fingerprint density at radius 3 is 2.48 bits per heavy atom. The molecule has 0 aromatic rings. The first-order valence-corrected chi connectivity index (χ1v) is 8.12. The summed E-state index contributed by atoms with van der Waals surface area (Å²) in [5.41, 5.74) is -0.862. The van der Waals surface area contributed by atoms with Crippen molar-refractivity contribution in [1.82, 2.24) is 0 Å². The molecule has 0 saturated carbocycles. The molecule has 0 saturated heterocycles. The van der Waals surface area contributed by atoms with Crippen molar-refractivity contribution < 1.29 is 8.42 Å². The number of rotatable bonds is 0. The summed E-state index contributed by atoms with van der Waals surface area (Å²) >= 11 is 0. The lowest BCUT2D eigenvalue weighted by atomic mass is 9.93. The van der Waals surface area contributed by atoms with Gasteiger partial charge in [0.1, 0.15) is 0 Å². The van der Waals surface area contributed by atoms with Crippen LogP contribution in [0.5, 0.6) is 0 Å². The highest BCUT2D eigenvalue weighted by Crippen LogP contribution is 2.23. The first-order chi connectivity index (χ1) is 9.62. The molecule has 0 radical (unpaired) electrons. The average molecular weight is 305 g/mol. The SMILES string of the molecule is CC1(C)C=CN=C(S(=O)(=O)C2=NC(C)(C)C=CC=N2)C=C1. The topological polar surface area (TPSA) is 71.2 Å². The van der Waals surface area contributed by atoms with E-state index in [1.807, 2.05) is 33.8 Å². The summed E-state index contributed by atoms with van der Waals surface area (Å²) in [4.78, 5) is 12.2. The quantitative estimate of drug-likeness (QED) is 0.690. The molecule has 0 aliphatic carbocycles. The maximum absolute atomic E-state index is 12.7. The fourth-order valence-electron chi connectivity index (χ4n) is 1.77. The maximum atomic E-state index is 12.7. The van der Waals surface area contributed by atoms with Crippen LogP contribution >= 0.6 is 0 Å². The second-order valence-corrected chi connectivity index (χ2v) is 7.92. The van der Waals surface area contributed by atoms with E-state index in [9.17, 15) is 8.42 Å². The Kier molecular flexibility index (Phi) is 3.84. The average Bonchev–Trinajstić information content (AvgIpc) is 2.64. The third-order valence-corrected chi connectivity index (χ3v) is 4.51. The molecule has 0 bridgehead atoms. The van der Waals surface area contributed by atoms with Gasteiger partial charge in [-0.2, -0.15) is 0 Å². The number of nitrogens with zero attached hydrogens (tertiary/aromatic N) is 3. The van der Waals surface area contributed by atoms with E-state index in [0.717, 1.165) is 0 Å². The number of hydrogen-bond donors (Lipinski definition) is 0. The molecule has 0 amide bonds. The predicted octanol–water partition coefficient (Wildman–Crippen LogP) is 2.68. The standard InChI is InChI=1S/C15H19N3O2S/c1-14(2)8-6-12(16-11-9-14)21(19,20)13-17-10-5-7-15(3,4)18-13/h5-11H,1-4H3. The normalized spacial score (nSPS) is 23.2. The van der Waals surface area contributed by atoms with Crippen molar-refractivity contribution in [3.05, 3.63) is 36.6 Å². The van der Waals surface area contributed by atoms with Crippen LogP contribution in [0.25, 0.3) is 0 Å². The lowest BCUT2D eigenvalue weighted by Crippen LogP contribution is -2.25. The highest BCUT2D eigenvalue weighted by molar-refractivity contribution is 8.19. The van der Waals surface area contributed by atoms with Gasteiger partial charge in [0.15, 0.2) is 5.04 Å². The number of sulfone groups is 1. The van der Waals surface area contributed by atoms with Gasteiger partial charge in [-0.1, -0.05) is 32.1 Å². The van der Waals surface area contributed by atoms with Gasteiger partial charge in [-0.3, -0.25) is 0 Å². The molecule has 21 heavy (non-hydrogen) atoms. The minimum Gasteiger partial charge on any atom is -0.246 e. The smallest absolute Gasteiger partial charge is 0.246 e. The molecule has 6 heteroatoms. The van der Waals surface area contributed by atoms with Crippen molar-refractivity contribution in [2.75, 3.05) is 0 Å². The summed E-state index contributed by atoms with van der Waals surface area (Å²) in [6.45, 7) is 7.59. The number of amidine groups is 1. The van der Waals surface area contributed by atoms with Crippen molar-refractivity contribution in [3.63, 3.8) is 0 Å². The predicted molar refractivity (Wildman–Crippen MR) is 87.6 cm³/mol. The minimum atomic E-state index is -3.83. The largest absolute Gasteiger partial charge is 0.258 e. The van der Waals surface area contributed by atoms with E-state index >= 15 is 0 Å². The van der Waals surface area contributed by atoms with Gasteiger partial charge in [0, 0.05) is 17.8 Å². The zero-order chi connectivity index (χ0) is 15.7. The molecule has 5 nitrogen and oxygen atoms in total. The third-order valence-electron chi connectivity index (χ3n) is 3.04. The van der Waals surface area contributed by atoms with E-state index in [4.69, 9.17) is 0 Å². The highest BCUT2D eigenvalue weighted by Gasteiger charge is 2.29. The second kappa shape index (κ2) is 5.18. The summed E-state index contributed by atoms with van der Waals surface area (Å²) < 4.78 is 25.3. The molecule has 112 valence electrons. The maximum Gasteiger partial charge on any atom is 0.258 e. The highest BCUT2D eigenvalue weighted by atomic mass is 32.2. The third kappa shape index (κ3) is 3.64. The van der Waals surface area contributed by atoms with Crippen molar-refractivity contribution in [3.8, 4) is 0 Å². The Morgan fingerprint density at radius 2 is 1.76 bits per heavy atom. The first kappa shape index (κ1) is 15.6. The van der Waals surface area contributed by atoms with Crippen LogP contribution < -0.4 is 0 Å². The molecule has 0 aromatic carbocycles. The monoisotopic (exact) mass is 305 g/mol. The van der Waals surface area contributed by atoms with Gasteiger partial charge in [0.2, 0.25) is 5.17 Å². The van der Waals surface area contributed by atoms with E-state index in [0.29, 0.717) is 0 Å². The molecule has 2 aliphatic heterocycles. The van der Waals surface area contributed by atoms with Crippen LogP contribution in [0.1, 0.15) is 27.7 Å². The Labute approximate surface area is 125 Å². The Hall–Kier alpha value is -1.82. The lowest BCUT2D eigenvalue weighted by molar-refractivity contribution is 0.614. The van der Waals surface area contributed by atoms with Gasteiger partial charge < -0.3 is 0 Å². The Balaban J connectivity index is 2.47. The fraction of sp³-hybridized carbons (Fsp3) is 0.400. The first-order valence-electron chi connectivity index (χ1n) is 6.64. The molecule has 0 aromatic heterocycles. The molecule has 2 rings (SSSR count). The molecule has 2 heterocycles. The van der Waals surface area contributed by atoms with Crippen molar-refractivity contribution in [2.24, 2.45) is 20.4 Å². The van der Waals surface area contributed by atoms with Crippen LogP contribution in [0, 0.1) is 5.41 Å². The summed E-state index contributed by atoms with van der Waals surface area (Å²) in [6.07, 6.45) is 11.6. The van der Waals surface area contributed by atoms with E-state index in [1.54, 1.807) is 18.2 Å². The number of allylic oxidation sites excluding steroid dienone is 3. The summed E-state index contributed by atoms with van der Waals surface area (Å²) in [6, 6.07) is 0. The second-order valence-electron chi connectivity index (χ2n) is 6.13. The van der Waals surface area contributed by atoms with Crippen LogP contribution in [-0.4, -0.2) is 30.4 Å². The van der Waals surface area contributed by atoms with Gasteiger partial charge in [0.25, 0.3) is 9.84 Å². The summed E-state index contributed by atoms with van der Waals surface area (Å²) in [5, 5.41) is -0.257. The van der Waals surface area contributed by atoms with Crippen LogP contribution in [0.2, 0.25) is 0 Å². The van der Waals surface area contributed by atoms with Crippen LogP contribution in [-0.2, 0) is 9.84 Å². The van der Waals surface area contributed by atoms with Crippen LogP contribution in [0.4, 0.5) is 0 Å². The van der Waals surface area contributed by atoms with Gasteiger partial charge >= 0.3 is 0 Å². The number of aliphatic imine (C=N–C) groups is 3. The van der Waals surface area contributed by atoms with Gasteiger partial charge in [-0.05, 0) is 26.0 Å². The van der Waals surface area contributed by atoms with Crippen molar-refractivity contribution >= 4 is 26.3 Å². The van der Waals surface area contributed by atoms with Crippen LogP contribution in [0.15, 0.2) is 51.6 Å². The fourth-order valence-corrected chi connectivity index (χ4v) is 2.96. The van der Waals surface area contributed by atoms with Crippen LogP contribution in [0.3, 0.4) is 0 Å². The minimum absolute atomic E-state index is 0.0436. The van der Waals surface area contributed by atoms with Gasteiger partial charge in [-0.15, -0.1) is 0 Å². The lowest BCUT2D eigenvalue weighted by Gasteiger charge is -2.14. The molecule has 0 spiro atoms. The Morgan fingerprint density at radius 1 is 1.05 bits per heavy atom. The zero-order valence-electron chi connectivity index (χ0n) is 12.6. The molecular formula is C15H19N3O2S. The van der Waals surface area contributed by atoms with Crippen molar-refractivity contribution in [2.45, 2.75) is 33.2 Å². The molecule has 0 N–H and O–H groups in total. The molecule has 0 atom stereocenters. The molecule has 0 fully saturated rings. The Bertz CT molecular complexity index is 718. The molecule has 2 aliphatic rings. The summed E-state index contributed by atoms with van der Waals surface area (Å²) in [7, 11) is -3.83. The summed E-state index contributed by atoms with van der Waals surface area (Å²) in [5.74, 6) is 0. The van der Waals surface area contributed by atoms with Gasteiger partial charge in [-0.25, -0.2) is 23.4 Å². The molecular weight excluding hydrogens is 286 g/mol. The van der Waals surface area contributed by atoms with E-state index in [1.165, 1.54) is 18.5 Å². The van der Waals surface area contributed by atoms with Gasteiger partial charge in [0.05, 0.1) is 5.54 Å². The van der Waals surface area contributed by atoms with Crippen molar-refractivity contribution in [1.29, 1.82) is 0 Å².